The summed E-state index contributed by atoms with van der Waals surface area (Å²) in [5, 5.41) is 7.52. The number of fused-ring (bicyclic) bond motifs is 1. The smallest absolute Gasteiger partial charge is 0.273 e. The van der Waals surface area contributed by atoms with Gasteiger partial charge in [0.25, 0.3) is 5.91 Å². The van der Waals surface area contributed by atoms with Crippen LogP contribution in [0.3, 0.4) is 0 Å². The van der Waals surface area contributed by atoms with Crippen molar-refractivity contribution in [2.75, 3.05) is 6.61 Å². The summed E-state index contributed by atoms with van der Waals surface area (Å²) in [6.07, 6.45) is 3.53. The summed E-state index contributed by atoms with van der Waals surface area (Å²) in [7, 11) is 0. The molecule has 5 rings (SSSR count). The Morgan fingerprint density at radius 3 is 2.71 bits per heavy atom. The van der Waals surface area contributed by atoms with E-state index in [0.29, 0.717) is 18.8 Å². The Bertz CT molecular complexity index is 1200. The van der Waals surface area contributed by atoms with Crippen LogP contribution in [0.25, 0.3) is 11.3 Å². The number of hydrogen-bond donors (Lipinski definition) is 1. The monoisotopic (exact) mass is 410 g/mol. The molecule has 0 bridgehead atoms. The fraction of sp³-hybridized carbons (Fsp3) is 0.160. The van der Waals surface area contributed by atoms with Crippen LogP contribution in [0.1, 0.15) is 40.1 Å². The van der Waals surface area contributed by atoms with E-state index in [1.165, 1.54) is 0 Å². The molecule has 6 nitrogen and oxygen atoms in total. The van der Waals surface area contributed by atoms with E-state index < -0.39 is 0 Å². The normalized spacial score (nSPS) is 15.2. The second kappa shape index (κ2) is 8.07. The molecule has 0 aliphatic carbocycles. The van der Waals surface area contributed by atoms with E-state index in [9.17, 15) is 4.79 Å². The largest absolute Gasteiger partial charge is 0.494 e. The first-order valence-corrected chi connectivity index (χ1v) is 10.3. The molecule has 1 amide bonds. The van der Waals surface area contributed by atoms with Crippen LogP contribution in [0.2, 0.25) is 0 Å². The van der Waals surface area contributed by atoms with Crippen LogP contribution in [0, 0.1) is 0 Å². The van der Waals surface area contributed by atoms with Crippen molar-refractivity contribution in [2.45, 2.75) is 19.5 Å². The molecule has 0 spiro atoms. The first-order valence-electron chi connectivity index (χ1n) is 10.3. The van der Waals surface area contributed by atoms with Crippen molar-refractivity contribution in [3.63, 3.8) is 0 Å². The van der Waals surface area contributed by atoms with Crippen LogP contribution in [0.4, 0.5) is 0 Å². The van der Waals surface area contributed by atoms with Gasteiger partial charge in [-0.2, -0.15) is 5.10 Å². The zero-order valence-corrected chi connectivity index (χ0v) is 17.2. The van der Waals surface area contributed by atoms with Gasteiger partial charge in [0.2, 0.25) is 0 Å². The van der Waals surface area contributed by atoms with Crippen molar-refractivity contribution in [3.05, 3.63) is 102 Å². The molecule has 1 aliphatic heterocycles. The van der Waals surface area contributed by atoms with Gasteiger partial charge in [-0.25, -0.2) is 0 Å². The second-order valence-electron chi connectivity index (χ2n) is 7.43. The molecule has 154 valence electrons. The molecule has 31 heavy (non-hydrogen) atoms. The number of hydrogen-bond acceptors (Lipinski definition) is 4. The van der Waals surface area contributed by atoms with Crippen LogP contribution < -0.4 is 4.74 Å². The summed E-state index contributed by atoms with van der Waals surface area (Å²) in [6, 6.07) is 21.5. The lowest BCUT2D eigenvalue weighted by Gasteiger charge is -2.26. The van der Waals surface area contributed by atoms with Gasteiger partial charge >= 0.3 is 0 Å². The number of ether oxygens (including phenoxy) is 1. The molecule has 1 unspecified atom stereocenters. The number of aromatic nitrogens is 3. The first kappa shape index (κ1) is 19.1. The van der Waals surface area contributed by atoms with Gasteiger partial charge in [0, 0.05) is 30.1 Å². The van der Waals surface area contributed by atoms with Crippen molar-refractivity contribution >= 4 is 5.91 Å². The standard InChI is InChI=1S/C25H22N4O2/c1-2-31-20-12-6-11-19(14-20)24-21-22(18-9-4-3-5-10-18)27-28-23(21)25(30)29(24)16-17-8-7-13-26-15-17/h3-15,24H,2,16H2,1H3,(H,27,28). The fourth-order valence-corrected chi connectivity index (χ4v) is 4.15. The molecular weight excluding hydrogens is 388 g/mol. The summed E-state index contributed by atoms with van der Waals surface area (Å²) in [4.78, 5) is 19.5. The van der Waals surface area contributed by atoms with Gasteiger partial charge in [0.1, 0.15) is 11.4 Å². The molecule has 2 aromatic heterocycles. The summed E-state index contributed by atoms with van der Waals surface area (Å²) in [5.74, 6) is 0.715. The second-order valence-corrected chi connectivity index (χ2v) is 7.43. The SMILES string of the molecule is CCOc1cccc(C2c3c(-c4ccccc4)n[nH]c3C(=O)N2Cc2cccnc2)c1. The molecule has 6 heteroatoms. The lowest BCUT2D eigenvalue weighted by Crippen LogP contribution is -2.29. The van der Waals surface area contributed by atoms with Crippen molar-refractivity contribution < 1.29 is 9.53 Å². The Kier molecular flexibility index (Phi) is 4.96. The minimum atomic E-state index is -0.280. The predicted octanol–water partition coefficient (Wildman–Crippen LogP) is 4.62. The highest BCUT2D eigenvalue weighted by molar-refractivity contribution is 6.00. The predicted molar refractivity (Wildman–Crippen MR) is 118 cm³/mol. The Morgan fingerprint density at radius 1 is 1.06 bits per heavy atom. The van der Waals surface area contributed by atoms with Gasteiger partial charge in [-0.3, -0.25) is 14.9 Å². The van der Waals surface area contributed by atoms with E-state index in [1.54, 1.807) is 12.4 Å². The number of aromatic amines is 1. The van der Waals surface area contributed by atoms with Gasteiger partial charge < -0.3 is 9.64 Å². The highest BCUT2D eigenvalue weighted by Crippen LogP contribution is 2.43. The summed E-state index contributed by atoms with van der Waals surface area (Å²) in [6.45, 7) is 2.99. The number of H-pyrrole nitrogens is 1. The van der Waals surface area contributed by atoms with E-state index >= 15 is 0 Å². The molecule has 1 N–H and O–H groups in total. The number of carbonyl (C=O) groups is 1. The summed E-state index contributed by atoms with van der Waals surface area (Å²) in [5.41, 5.74) is 5.16. The van der Waals surface area contributed by atoms with Crippen molar-refractivity contribution in [2.24, 2.45) is 0 Å². The molecule has 2 aromatic carbocycles. The van der Waals surface area contributed by atoms with Crippen LogP contribution in [-0.4, -0.2) is 32.6 Å². The van der Waals surface area contributed by atoms with E-state index in [1.807, 2.05) is 78.6 Å². The molecular formula is C25H22N4O2. The highest BCUT2D eigenvalue weighted by atomic mass is 16.5. The maximum atomic E-state index is 13.4. The van der Waals surface area contributed by atoms with Crippen LogP contribution in [0.5, 0.6) is 5.75 Å². The Labute approximate surface area is 180 Å². The number of nitrogens with one attached hydrogen (secondary N) is 1. The van der Waals surface area contributed by atoms with Crippen LogP contribution in [0.15, 0.2) is 79.1 Å². The van der Waals surface area contributed by atoms with Crippen LogP contribution in [-0.2, 0) is 6.54 Å². The average molecular weight is 410 g/mol. The number of nitrogens with zero attached hydrogens (tertiary/aromatic N) is 3. The average Bonchev–Trinajstić information content (AvgIpc) is 3.35. The Morgan fingerprint density at radius 2 is 1.94 bits per heavy atom. The van der Waals surface area contributed by atoms with Crippen molar-refractivity contribution in [1.82, 2.24) is 20.1 Å². The molecule has 3 heterocycles. The van der Waals surface area contributed by atoms with Gasteiger partial charge in [-0.15, -0.1) is 0 Å². The molecule has 0 radical (unpaired) electrons. The van der Waals surface area contributed by atoms with Gasteiger partial charge in [-0.1, -0.05) is 48.5 Å². The van der Waals surface area contributed by atoms with E-state index in [-0.39, 0.29) is 11.9 Å². The summed E-state index contributed by atoms with van der Waals surface area (Å²) >= 11 is 0. The zero-order chi connectivity index (χ0) is 21.2. The van der Waals surface area contributed by atoms with Gasteiger partial charge in [0.05, 0.1) is 18.3 Å². The van der Waals surface area contributed by atoms with Gasteiger partial charge in [0.15, 0.2) is 0 Å². The molecule has 0 fully saturated rings. The topological polar surface area (TPSA) is 71.1 Å². The number of benzene rings is 2. The lowest BCUT2D eigenvalue weighted by atomic mass is 9.96. The number of carbonyl (C=O) groups excluding carboxylic acids is 1. The molecule has 1 aliphatic rings. The molecule has 0 saturated carbocycles. The molecule has 4 aromatic rings. The van der Waals surface area contributed by atoms with Crippen molar-refractivity contribution in [3.8, 4) is 17.0 Å². The fourth-order valence-electron chi connectivity index (χ4n) is 4.15. The third-order valence-corrected chi connectivity index (χ3v) is 5.47. The zero-order valence-electron chi connectivity index (χ0n) is 17.2. The van der Waals surface area contributed by atoms with E-state index in [2.05, 4.69) is 15.2 Å². The quantitative estimate of drug-likeness (QED) is 0.504. The maximum Gasteiger partial charge on any atom is 0.273 e. The number of amides is 1. The lowest BCUT2D eigenvalue weighted by molar-refractivity contribution is 0.0729. The summed E-state index contributed by atoms with van der Waals surface area (Å²) < 4.78 is 5.73. The minimum absolute atomic E-state index is 0.0691. The minimum Gasteiger partial charge on any atom is -0.494 e. The van der Waals surface area contributed by atoms with Crippen molar-refractivity contribution in [1.29, 1.82) is 0 Å². The molecule has 0 saturated heterocycles. The van der Waals surface area contributed by atoms with Gasteiger partial charge in [-0.05, 0) is 36.2 Å². The highest BCUT2D eigenvalue weighted by Gasteiger charge is 2.42. The van der Waals surface area contributed by atoms with E-state index in [4.69, 9.17) is 4.74 Å². The molecule has 1 atom stereocenters. The Balaban J connectivity index is 1.64. The Hall–Kier alpha value is -3.93. The number of pyridine rings is 1. The van der Waals surface area contributed by atoms with Crippen LogP contribution >= 0.6 is 0 Å². The maximum absolute atomic E-state index is 13.4. The third kappa shape index (κ3) is 3.46. The third-order valence-electron chi connectivity index (χ3n) is 5.47. The number of rotatable bonds is 6. The van der Waals surface area contributed by atoms with E-state index in [0.717, 1.165) is 33.7 Å². The first-order chi connectivity index (χ1) is 15.3.